The summed E-state index contributed by atoms with van der Waals surface area (Å²) in [4.78, 5) is 0.948. The van der Waals surface area contributed by atoms with Gasteiger partial charge in [-0.2, -0.15) is 5.26 Å². The molecule has 4 nitrogen and oxygen atoms in total. The molecule has 2 heterocycles. The lowest BCUT2D eigenvalue weighted by Gasteiger charge is -2.25. The van der Waals surface area contributed by atoms with Crippen molar-refractivity contribution in [2.45, 2.75) is 5.92 Å². The van der Waals surface area contributed by atoms with Crippen LogP contribution in [0.15, 0.2) is 41.8 Å². The summed E-state index contributed by atoms with van der Waals surface area (Å²) < 4.78 is 6.17. The number of nitriles is 1. The van der Waals surface area contributed by atoms with Gasteiger partial charge in [0.05, 0.1) is 10.3 Å². The maximum Gasteiger partial charge on any atom is 0.205 e. The molecular formula is C14H10ClN3OS. The molecule has 1 atom stereocenters. The van der Waals surface area contributed by atoms with Crippen molar-refractivity contribution in [2.75, 3.05) is 5.73 Å². The first-order valence-corrected chi connectivity index (χ1v) is 7.02. The number of nitrogen functional groups attached to an aromatic ring is 1. The van der Waals surface area contributed by atoms with E-state index in [1.165, 1.54) is 11.3 Å². The van der Waals surface area contributed by atoms with E-state index in [4.69, 9.17) is 27.8 Å². The summed E-state index contributed by atoms with van der Waals surface area (Å²) in [5.74, 6) is 0.429. The second kappa shape index (κ2) is 4.75. The Kier molecular flexibility index (Phi) is 3.05. The predicted molar refractivity (Wildman–Crippen MR) is 79.5 cm³/mol. The standard InChI is InChI=1S/C14H10ClN3OS/c15-12-4-3-11(20-12)13-8-2-1-7(17)5-10(8)19-14(18)9(13)6-16/h1-5,13H,17-18H2. The lowest BCUT2D eigenvalue weighted by molar-refractivity contribution is 0.394. The molecule has 1 aromatic carbocycles. The van der Waals surface area contributed by atoms with E-state index < -0.39 is 0 Å². The molecule has 100 valence electrons. The zero-order chi connectivity index (χ0) is 14.3. The summed E-state index contributed by atoms with van der Waals surface area (Å²) in [6, 6.07) is 11.2. The van der Waals surface area contributed by atoms with Gasteiger partial charge in [0.2, 0.25) is 5.88 Å². The molecule has 0 aliphatic carbocycles. The van der Waals surface area contributed by atoms with Crippen molar-refractivity contribution in [1.29, 1.82) is 5.26 Å². The summed E-state index contributed by atoms with van der Waals surface area (Å²) in [5.41, 5.74) is 13.5. The largest absolute Gasteiger partial charge is 0.440 e. The van der Waals surface area contributed by atoms with Crippen LogP contribution in [0.1, 0.15) is 16.4 Å². The third-order valence-electron chi connectivity index (χ3n) is 3.12. The number of allylic oxidation sites excluding steroid dienone is 1. The second-order valence-electron chi connectivity index (χ2n) is 4.36. The third kappa shape index (κ3) is 1.99. The molecule has 1 unspecified atom stereocenters. The van der Waals surface area contributed by atoms with Crippen molar-refractivity contribution in [3.8, 4) is 11.8 Å². The Hall–Kier alpha value is -2.16. The van der Waals surface area contributed by atoms with Crippen LogP contribution in [0.4, 0.5) is 5.69 Å². The monoisotopic (exact) mass is 303 g/mol. The van der Waals surface area contributed by atoms with Gasteiger partial charge in [-0.1, -0.05) is 17.7 Å². The lowest BCUT2D eigenvalue weighted by Crippen LogP contribution is -2.20. The first-order valence-electron chi connectivity index (χ1n) is 5.82. The van der Waals surface area contributed by atoms with Gasteiger partial charge >= 0.3 is 0 Å². The fourth-order valence-corrected chi connectivity index (χ4v) is 3.44. The average Bonchev–Trinajstić information content (AvgIpc) is 2.83. The van der Waals surface area contributed by atoms with E-state index in [1.807, 2.05) is 12.1 Å². The summed E-state index contributed by atoms with van der Waals surface area (Å²) in [6.07, 6.45) is 0. The second-order valence-corrected chi connectivity index (χ2v) is 6.11. The molecule has 0 fully saturated rings. The number of hydrogen-bond acceptors (Lipinski definition) is 5. The lowest BCUT2D eigenvalue weighted by atomic mass is 9.88. The predicted octanol–water partition coefficient (Wildman–Crippen LogP) is 3.20. The van der Waals surface area contributed by atoms with E-state index in [-0.39, 0.29) is 11.8 Å². The number of rotatable bonds is 1. The van der Waals surface area contributed by atoms with Crippen LogP contribution in [0.2, 0.25) is 4.34 Å². The number of benzene rings is 1. The van der Waals surface area contributed by atoms with Crippen molar-refractivity contribution in [3.63, 3.8) is 0 Å². The van der Waals surface area contributed by atoms with E-state index in [9.17, 15) is 5.26 Å². The highest BCUT2D eigenvalue weighted by Crippen LogP contribution is 2.45. The van der Waals surface area contributed by atoms with Gasteiger partial charge in [-0.25, -0.2) is 0 Å². The van der Waals surface area contributed by atoms with Crippen LogP contribution in [-0.2, 0) is 0 Å². The molecule has 0 bridgehead atoms. The number of nitrogens with zero attached hydrogens (tertiary/aromatic N) is 1. The van der Waals surface area contributed by atoms with Crippen LogP contribution in [0.25, 0.3) is 0 Å². The fourth-order valence-electron chi connectivity index (χ4n) is 2.25. The highest BCUT2D eigenvalue weighted by Gasteiger charge is 2.31. The van der Waals surface area contributed by atoms with Gasteiger partial charge in [0.15, 0.2) is 0 Å². The zero-order valence-corrected chi connectivity index (χ0v) is 11.8. The number of fused-ring (bicyclic) bond motifs is 1. The SMILES string of the molecule is N#CC1=C(N)Oc2cc(N)ccc2C1c1ccc(Cl)s1. The van der Waals surface area contributed by atoms with Crippen LogP contribution in [0.3, 0.4) is 0 Å². The van der Waals surface area contributed by atoms with Gasteiger partial charge in [0, 0.05) is 22.2 Å². The molecule has 0 saturated carbocycles. The highest BCUT2D eigenvalue weighted by atomic mass is 35.5. The van der Waals surface area contributed by atoms with Gasteiger partial charge < -0.3 is 16.2 Å². The van der Waals surface area contributed by atoms with Crippen molar-refractivity contribution in [3.05, 3.63) is 56.6 Å². The van der Waals surface area contributed by atoms with Crippen LogP contribution in [-0.4, -0.2) is 0 Å². The van der Waals surface area contributed by atoms with Gasteiger partial charge in [-0.05, 0) is 18.2 Å². The number of hydrogen-bond donors (Lipinski definition) is 2. The average molecular weight is 304 g/mol. The molecule has 20 heavy (non-hydrogen) atoms. The molecule has 0 saturated heterocycles. The van der Waals surface area contributed by atoms with Gasteiger partial charge in [0.25, 0.3) is 0 Å². The van der Waals surface area contributed by atoms with E-state index >= 15 is 0 Å². The number of nitrogens with two attached hydrogens (primary N) is 2. The number of thiophene rings is 1. The molecular weight excluding hydrogens is 294 g/mol. The normalized spacial score (nSPS) is 17.3. The zero-order valence-electron chi connectivity index (χ0n) is 10.3. The van der Waals surface area contributed by atoms with Crippen molar-refractivity contribution >= 4 is 28.6 Å². The van der Waals surface area contributed by atoms with Crippen LogP contribution in [0, 0.1) is 11.3 Å². The minimum absolute atomic E-state index is 0.111. The first-order chi connectivity index (χ1) is 9.60. The van der Waals surface area contributed by atoms with E-state index in [2.05, 4.69) is 6.07 Å². The third-order valence-corrected chi connectivity index (χ3v) is 4.42. The van der Waals surface area contributed by atoms with Crippen LogP contribution in [0.5, 0.6) is 5.75 Å². The minimum Gasteiger partial charge on any atom is -0.440 e. The van der Waals surface area contributed by atoms with Crippen molar-refractivity contribution in [1.82, 2.24) is 0 Å². The minimum atomic E-state index is -0.262. The Morgan fingerprint density at radius 1 is 1.25 bits per heavy atom. The molecule has 3 rings (SSSR count). The van der Waals surface area contributed by atoms with Gasteiger partial charge in [-0.3, -0.25) is 0 Å². The number of halogens is 1. The molecule has 0 amide bonds. The summed E-state index contributed by atoms with van der Waals surface area (Å²) in [5, 5.41) is 9.36. The van der Waals surface area contributed by atoms with E-state index in [0.29, 0.717) is 21.3 Å². The molecule has 1 aliphatic rings. The molecule has 1 aliphatic heterocycles. The number of anilines is 1. The van der Waals surface area contributed by atoms with Crippen LogP contribution >= 0.6 is 22.9 Å². The Morgan fingerprint density at radius 2 is 2.05 bits per heavy atom. The molecule has 0 spiro atoms. The summed E-state index contributed by atoms with van der Waals surface area (Å²) in [6.45, 7) is 0. The summed E-state index contributed by atoms with van der Waals surface area (Å²) >= 11 is 7.42. The smallest absolute Gasteiger partial charge is 0.205 e. The Balaban J connectivity index is 2.22. The molecule has 2 aromatic rings. The molecule has 6 heteroatoms. The maximum atomic E-state index is 9.36. The Labute approximate surface area is 124 Å². The van der Waals surface area contributed by atoms with E-state index in [0.717, 1.165) is 10.4 Å². The summed E-state index contributed by atoms with van der Waals surface area (Å²) in [7, 11) is 0. The van der Waals surface area contributed by atoms with Gasteiger partial charge in [0.1, 0.15) is 17.4 Å². The molecule has 1 aromatic heterocycles. The molecule has 0 radical (unpaired) electrons. The Bertz CT molecular complexity index is 760. The van der Waals surface area contributed by atoms with Crippen molar-refractivity contribution in [2.24, 2.45) is 5.73 Å². The highest BCUT2D eigenvalue weighted by molar-refractivity contribution is 7.16. The van der Waals surface area contributed by atoms with Crippen LogP contribution < -0.4 is 16.2 Å². The van der Waals surface area contributed by atoms with E-state index in [1.54, 1.807) is 18.2 Å². The topological polar surface area (TPSA) is 85.1 Å². The number of ether oxygens (including phenoxy) is 1. The Morgan fingerprint density at radius 3 is 2.70 bits per heavy atom. The molecule has 4 N–H and O–H groups in total. The van der Waals surface area contributed by atoms with Gasteiger partial charge in [-0.15, -0.1) is 11.3 Å². The quantitative estimate of drug-likeness (QED) is 0.792. The fraction of sp³-hybridized carbons (Fsp3) is 0.0714. The first kappa shape index (κ1) is 12.9. The van der Waals surface area contributed by atoms with Crippen molar-refractivity contribution < 1.29 is 4.74 Å². The maximum absolute atomic E-state index is 9.36.